The Bertz CT molecular complexity index is 608. The van der Waals surface area contributed by atoms with Crippen LogP contribution in [0.25, 0.3) is 0 Å². The van der Waals surface area contributed by atoms with Crippen molar-refractivity contribution in [3.8, 4) is 0 Å². The molecule has 0 atom stereocenters. The third-order valence-electron chi connectivity index (χ3n) is 2.36. The summed E-state index contributed by atoms with van der Waals surface area (Å²) >= 11 is 3.19. The minimum atomic E-state index is -0.787. The Morgan fingerprint density at radius 1 is 1.06 bits per heavy atom. The number of nitrogen functional groups attached to an aromatic ring is 1. The van der Waals surface area contributed by atoms with Crippen LogP contribution in [0, 0.1) is 11.6 Å². The summed E-state index contributed by atoms with van der Waals surface area (Å²) in [6.45, 7) is 0. The molecule has 0 heterocycles. The molecule has 0 radical (unpaired) electrons. The molecule has 0 unspecified atom stereocenters. The van der Waals surface area contributed by atoms with Crippen LogP contribution in [0.2, 0.25) is 0 Å². The average molecular weight is 312 g/mol. The summed E-state index contributed by atoms with van der Waals surface area (Å²) in [5.74, 6) is -2.05. The zero-order valence-corrected chi connectivity index (χ0v) is 10.7. The van der Waals surface area contributed by atoms with Gasteiger partial charge in [0, 0.05) is 27.4 Å². The lowest BCUT2D eigenvalue weighted by Crippen LogP contribution is -2.04. The highest BCUT2D eigenvalue weighted by Crippen LogP contribution is 2.23. The highest BCUT2D eigenvalue weighted by atomic mass is 79.9. The van der Waals surface area contributed by atoms with E-state index >= 15 is 0 Å². The predicted molar refractivity (Wildman–Crippen MR) is 68.3 cm³/mol. The van der Waals surface area contributed by atoms with E-state index in [0.717, 1.165) is 18.2 Å². The standard InChI is InChI=1S/C13H8BrF2NO/c14-12-6-10(17)1-2-11(12)13(18)7-3-8(15)5-9(16)4-7/h1-6H,17H2. The van der Waals surface area contributed by atoms with E-state index < -0.39 is 17.4 Å². The van der Waals surface area contributed by atoms with Crippen LogP contribution in [0.5, 0.6) is 0 Å². The molecule has 18 heavy (non-hydrogen) atoms. The number of anilines is 1. The predicted octanol–water partition coefficient (Wildman–Crippen LogP) is 3.54. The van der Waals surface area contributed by atoms with E-state index in [1.807, 2.05) is 0 Å². The Balaban J connectivity index is 2.47. The van der Waals surface area contributed by atoms with Gasteiger partial charge in [-0.05, 0) is 46.3 Å². The molecule has 2 aromatic rings. The van der Waals surface area contributed by atoms with Crippen molar-refractivity contribution in [2.75, 3.05) is 5.73 Å². The average Bonchev–Trinajstić information content (AvgIpc) is 2.26. The lowest BCUT2D eigenvalue weighted by atomic mass is 10.0. The molecule has 2 aromatic carbocycles. The fraction of sp³-hybridized carbons (Fsp3) is 0. The fourth-order valence-electron chi connectivity index (χ4n) is 1.56. The van der Waals surface area contributed by atoms with Crippen LogP contribution in [-0.2, 0) is 0 Å². The maximum absolute atomic E-state index is 13.0. The van der Waals surface area contributed by atoms with Crippen molar-refractivity contribution in [3.63, 3.8) is 0 Å². The number of halogens is 3. The van der Waals surface area contributed by atoms with Crippen LogP contribution in [0.4, 0.5) is 14.5 Å². The Morgan fingerprint density at radius 2 is 1.67 bits per heavy atom. The zero-order valence-electron chi connectivity index (χ0n) is 9.08. The number of nitrogens with two attached hydrogens (primary N) is 1. The van der Waals surface area contributed by atoms with Gasteiger partial charge in [0.2, 0.25) is 0 Å². The first-order valence-electron chi connectivity index (χ1n) is 5.03. The molecule has 0 bridgehead atoms. The summed E-state index contributed by atoms with van der Waals surface area (Å²) in [6.07, 6.45) is 0. The number of hydrogen-bond donors (Lipinski definition) is 1. The van der Waals surface area contributed by atoms with Crippen molar-refractivity contribution in [2.45, 2.75) is 0 Å². The van der Waals surface area contributed by atoms with Gasteiger partial charge in [-0.15, -0.1) is 0 Å². The van der Waals surface area contributed by atoms with Crippen LogP contribution < -0.4 is 5.73 Å². The summed E-state index contributed by atoms with van der Waals surface area (Å²) in [6, 6.07) is 7.32. The summed E-state index contributed by atoms with van der Waals surface area (Å²) in [5.41, 5.74) is 6.30. The Kier molecular flexibility index (Phi) is 3.43. The van der Waals surface area contributed by atoms with E-state index in [0.29, 0.717) is 15.7 Å². The van der Waals surface area contributed by atoms with Crippen LogP contribution in [0.1, 0.15) is 15.9 Å². The fourth-order valence-corrected chi connectivity index (χ4v) is 2.13. The van der Waals surface area contributed by atoms with E-state index in [1.54, 1.807) is 12.1 Å². The molecule has 2 N–H and O–H groups in total. The highest BCUT2D eigenvalue weighted by Gasteiger charge is 2.14. The molecule has 0 saturated carbocycles. The van der Waals surface area contributed by atoms with Gasteiger partial charge >= 0.3 is 0 Å². The lowest BCUT2D eigenvalue weighted by molar-refractivity contribution is 0.103. The van der Waals surface area contributed by atoms with Crippen molar-refractivity contribution >= 4 is 27.4 Å². The molecule has 92 valence electrons. The van der Waals surface area contributed by atoms with Crippen molar-refractivity contribution in [1.29, 1.82) is 0 Å². The molecule has 0 saturated heterocycles. The normalized spacial score (nSPS) is 10.4. The van der Waals surface area contributed by atoms with Gasteiger partial charge in [-0.2, -0.15) is 0 Å². The monoisotopic (exact) mass is 311 g/mol. The largest absolute Gasteiger partial charge is 0.399 e. The first-order valence-corrected chi connectivity index (χ1v) is 5.82. The van der Waals surface area contributed by atoms with Gasteiger partial charge in [-0.1, -0.05) is 0 Å². The molecule has 5 heteroatoms. The maximum atomic E-state index is 13.0. The molecule has 0 aliphatic heterocycles. The molecular weight excluding hydrogens is 304 g/mol. The van der Waals surface area contributed by atoms with Gasteiger partial charge < -0.3 is 5.73 Å². The van der Waals surface area contributed by atoms with Gasteiger partial charge in [-0.25, -0.2) is 8.78 Å². The smallest absolute Gasteiger partial charge is 0.194 e. The summed E-state index contributed by atoms with van der Waals surface area (Å²) in [4.78, 5) is 12.1. The van der Waals surface area contributed by atoms with E-state index in [4.69, 9.17) is 5.73 Å². The van der Waals surface area contributed by atoms with Crippen molar-refractivity contribution in [1.82, 2.24) is 0 Å². The molecule has 2 rings (SSSR count). The first kappa shape index (κ1) is 12.7. The molecule has 0 aromatic heterocycles. The quantitative estimate of drug-likeness (QED) is 0.681. The van der Waals surface area contributed by atoms with Crippen molar-refractivity contribution < 1.29 is 13.6 Å². The Morgan fingerprint density at radius 3 is 2.22 bits per heavy atom. The summed E-state index contributed by atoms with van der Waals surface area (Å²) < 4.78 is 26.6. The highest BCUT2D eigenvalue weighted by molar-refractivity contribution is 9.10. The number of carbonyl (C=O) groups is 1. The van der Waals surface area contributed by atoms with E-state index in [2.05, 4.69) is 15.9 Å². The molecule has 0 amide bonds. The second-order valence-corrected chi connectivity index (χ2v) is 4.58. The number of hydrogen-bond acceptors (Lipinski definition) is 2. The number of rotatable bonds is 2. The van der Waals surface area contributed by atoms with Crippen molar-refractivity contribution in [3.05, 3.63) is 63.6 Å². The summed E-state index contributed by atoms with van der Waals surface area (Å²) in [7, 11) is 0. The van der Waals surface area contributed by atoms with Gasteiger partial charge in [0.25, 0.3) is 0 Å². The number of benzene rings is 2. The minimum Gasteiger partial charge on any atom is -0.399 e. The summed E-state index contributed by atoms with van der Waals surface area (Å²) in [5, 5.41) is 0. The minimum absolute atomic E-state index is 0.0435. The molecule has 0 spiro atoms. The number of ketones is 1. The zero-order chi connectivity index (χ0) is 13.3. The third kappa shape index (κ3) is 2.56. The van der Waals surface area contributed by atoms with Crippen LogP contribution in [-0.4, -0.2) is 5.78 Å². The lowest BCUT2D eigenvalue weighted by Gasteiger charge is -2.05. The van der Waals surface area contributed by atoms with Gasteiger partial charge in [0.15, 0.2) is 5.78 Å². The molecular formula is C13H8BrF2NO. The molecule has 2 nitrogen and oxygen atoms in total. The molecule has 0 aliphatic rings. The van der Waals surface area contributed by atoms with E-state index in [1.165, 1.54) is 6.07 Å². The first-order chi connectivity index (χ1) is 8.47. The second kappa shape index (κ2) is 4.86. The Labute approximate surface area is 111 Å². The SMILES string of the molecule is Nc1ccc(C(=O)c2cc(F)cc(F)c2)c(Br)c1. The molecule has 0 aliphatic carbocycles. The van der Waals surface area contributed by atoms with E-state index in [-0.39, 0.29) is 5.56 Å². The van der Waals surface area contributed by atoms with Crippen molar-refractivity contribution in [2.24, 2.45) is 0 Å². The van der Waals surface area contributed by atoms with Crippen LogP contribution in [0.15, 0.2) is 40.9 Å². The Hall–Kier alpha value is -1.75. The van der Waals surface area contributed by atoms with Crippen LogP contribution >= 0.6 is 15.9 Å². The topological polar surface area (TPSA) is 43.1 Å². The van der Waals surface area contributed by atoms with Crippen LogP contribution in [0.3, 0.4) is 0 Å². The van der Waals surface area contributed by atoms with Gasteiger partial charge in [0.05, 0.1) is 0 Å². The second-order valence-electron chi connectivity index (χ2n) is 3.73. The van der Waals surface area contributed by atoms with Gasteiger partial charge in [-0.3, -0.25) is 4.79 Å². The van der Waals surface area contributed by atoms with Gasteiger partial charge in [0.1, 0.15) is 11.6 Å². The maximum Gasteiger partial charge on any atom is 0.194 e. The third-order valence-corrected chi connectivity index (χ3v) is 3.02. The van der Waals surface area contributed by atoms with E-state index in [9.17, 15) is 13.6 Å². The molecule has 0 fully saturated rings. The number of carbonyl (C=O) groups excluding carboxylic acids is 1.